The smallest absolute Gasteiger partial charge is 0.0568 e. The minimum atomic E-state index is 1.29. The molecule has 0 saturated heterocycles. The number of hydrogen-bond acceptors (Lipinski definition) is 0. The highest BCUT2D eigenvalue weighted by molar-refractivity contribution is 6.19. The van der Waals surface area contributed by atoms with Gasteiger partial charge in [-0.05, 0) is 34.4 Å². The van der Waals surface area contributed by atoms with Crippen LogP contribution in [0.5, 0.6) is 0 Å². The second-order valence-electron chi connectivity index (χ2n) is 5.96. The number of nitrogens with zero attached hydrogens (tertiary/aromatic N) is 1. The van der Waals surface area contributed by atoms with E-state index < -0.39 is 0 Å². The number of fused-ring (bicyclic) bond motifs is 6. The molecule has 1 aromatic heterocycles. The lowest BCUT2D eigenvalue weighted by Gasteiger charge is -2.06. The van der Waals surface area contributed by atoms with Crippen LogP contribution in [0.4, 0.5) is 0 Å². The molecule has 4 aromatic carbocycles. The van der Waals surface area contributed by atoms with Crippen molar-refractivity contribution in [2.24, 2.45) is 7.05 Å². The van der Waals surface area contributed by atoms with E-state index in [4.69, 9.17) is 0 Å². The summed E-state index contributed by atoms with van der Waals surface area (Å²) in [5, 5.41) is 7.89. The maximum atomic E-state index is 2.33. The molecule has 5 aromatic rings. The van der Waals surface area contributed by atoms with E-state index in [1.165, 1.54) is 43.4 Å². The number of benzene rings is 4. The van der Waals surface area contributed by atoms with Crippen LogP contribution in [0.1, 0.15) is 0 Å². The lowest BCUT2D eigenvalue weighted by atomic mass is 10.0. The topological polar surface area (TPSA) is 4.93 Å². The molecule has 0 N–H and O–H groups in total. The molecule has 0 fully saturated rings. The van der Waals surface area contributed by atoms with E-state index in [2.05, 4.69) is 84.4 Å². The average molecular weight is 281 g/mol. The third-order valence-corrected chi connectivity index (χ3v) is 4.75. The number of aromatic nitrogens is 1. The normalized spacial score (nSPS) is 11.9. The minimum Gasteiger partial charge on any atom is -0.343 e. The summed E-state index contributed by atoms with van der Waals surface area (Å²) in [4.78, 5) is 0. The summed E-state index contributed by atoms with van der Waals surface area (Å²) in [6.07, 6.45) is 0. The van der Waals surface area contributed by atoms with Gasteiger partial charge in [-0.3, -0.25) is 0 Å². The summed E-state index contributed by atoms with van der Waals surface area (Å²) in [6.45, 7) is 0. The van der Waals surface area contributed by atoms with Gasteiger partial charge in [0.25, 0.3) is 0 Å². The Hall–Kier alpha value is -2.80. The summed E-state index contributed by atoms with van der Waals surface area (Å²) in [6, 6.07) is 26.3. The summed E-state index contributed by atoms with van der Waals surface area (Å²) in [7, 11) is 2.17. The molecule has 1 heterocycles. The van der Waals surface area contributed by atoms with Gasteiger partial charge in [0, 0.05) is 28.7 Å². The average Bonchev–Trinajstić information content (AvgIpc) is 2.87. The van der Waals surface area contributed by atoms with E-state index in [9.17, 15) is 0 Å². The Morgan fingerprint density at radius 2 is 1.32 bits per heavy atom. The van der Waals surface area contributed by atoms with Crippen molar-refractivity contribution < 1.29 is 0 Å². The van der Waals surface area contributed by atoms with Crippen molar-refractivity contribution >= 4 is 43.4 Å². The Labute approximate surface area is 128 Å². The lowest BCUT2D eigenvalue weighted by Crippen LogP contribution is -1.88. The molecule has 1 heteroatoms. The van der Waals surface area contributed by atoms with Crippen LogP contribution in [0.3, 0.4) is 0 Å². The summed E-state index contributed by atoms with van der Waals surface area (Å²) >= 11 is 0. The van der Waals surface area contributed by atoms with Crippen LogP contribution in [0.15, 0.2) is 72.8 Å². The molecule has 0 aliphatic rings. The first-order valence-electron chi connectivity index (χ1n) is 7.61. The van der Waals surface area contributed by atoms with Crippen molar-refractivity contribution in [2.75, 3.05) is 0 Å². The van der Waals surface area contributed by atoms with Crippen molar-refractivity contribution in [2.45, 2.75) is 0 Å². The molecule has 0 amide bonds. The SMILES string of the molecule is Cn1c2ccccc2c2ccc3cc4ccccc4cc3c21. The van der Waals surface area contributed by atoms with E-state index in [1.807, 2.05) is 0 Å². The maximum Gasteiger partial charge on any atom is 0.0568 e. The predicted molar refractivity (Wildman–Crippen MR) is 95.4 cm³/mol. The molecule has 104 valence electrons. The molecular formula is C21H15N. The largest absolute Gasteiger partial charge is 0.343 e. The molecule has 22 heavy (non-hydrogen) atoms. The lowest BCUT2D eigenvalue weighted by molar-refractivity contribution is 1.02. The van der Waals surface area contributed by atoms with Gasteiger partial charge in [0.1, 0.15) is 0 Å². The fraction of sp³-hybridized carbons (Fsp3) is 0.0476. The molecular weight excluding hydrogens is 266 g/mol. The van der Waals surface area contributed by atoms with Crippen LogP contribution in [0, 0.1) is 0 Å². The first-order chi connectivity index (χ1) is 10.8. The van der Waals surface area contributed by atoms with Gasteiger partial charge in [0.2, 0.25) is 0 Å². The fourth-order valence-corrected chi connectivity index (χ4v) is 3.69. The molecule has 0 bridgehead atoms. The Bertz CT molecular complexity index is 1180. The van der Waals surface area contributed by atoms with E-state index in [0.717, 1.165) is 0 Å². The van der Waals surface area contributed by atoms with Crippen molar-refractivity contribution in [3.05, 3.63) is 72.8 Å². The summed E-state index contributed by atoms with van der Waals surface area (Å²) < 4.78 is 2.32. The molecule has 0 radical (unpaired) electrons. The molecule has 0 saturated carbocycles. The number of aryl methyl sites for hydroxylation is 1. The van der Waals surface area contributed by atoms with Gasteiger partial charge < -0.3 is 4.57 Å². The van der Waals surface area contributed by atoms with Crippen molar-refractivity contribution in [1.29, 1.82) is 0 Å². The zero-order chi connectivity index (χ0) is 14.7. The second kappa shape index (κ2) is 4.11. The van der Waals surface area contributed by atoms with Gasteiger partial charge in [-0.1, -0.05) is 54.6 Å². The van der Waals surface area contributed by atoms with E-state index in [-0.39, 0.29) is 0 Å². The zero-order valence-corrected chi connectivity index (χ0v) is 12.4. The first kappa shape index (κ1) is 11.8. The molecule has 5 rings (SSSR count). The van der Waals surface area contributed by atoms with Gasteiger partial charge in [0.05, 0.1) is 5.52 Å². The first-order valence-corrected chi connectivity index (χ1v) is 7.61. The van der Waals surface area contributed by atoms with Crippen LogP contribution in [0.2, 0.25) is 0 Å². The van der Waals surface area contributed by atoms with Crippen molar-refractivity contribution in [1.82, 2.24) is 4.57 Å². The molecule has 0 unspecified atom stereocenters. The highest BCUT2D eigenvalue weighted by atomic mass is 14.9. The zero-order valence-electron chi connectivity index (χ0n) is 12.4. The Morgan fingerprint density at radius 1 is 0.591 bits per heavy atom. The minimum absolute atomic E-state index is 1.29. The van der Waals surface area contributed by atoms with Gasteiger partial charge in [0.15, 0.2) is 0 Å². The molecule has 0 atom stereocenters. The Morgan fingerprint density at radius 3 is 2.18 bits per heavy atom. The second-order valence-corrected chi connectivity index (χ2v) is 5.96. The van der Waals surface area contributed by atoms with Crippen LogP contribution < -0.4 is 0 Å². The standard InChI is InChI=1S/C21H15N/c1-22-20-9-5-4-8-17(20)18-11-10-16-12-14-6-2-3-7-15(14)13-19(16)21(18)22/h2-13H,1H3. The molecule has 1 nitrogen and oxygen atoms in total. The maximum absolute atomic E-state index is 2.33. The van der Waals surface area contributed by atoms with Crippen molar-refractivity contribution in [3.63, 3.8) is 0 Å². The molecule has 0 aliphatic heterocycles. The summed E-state index contributed by atoms with van der Waals surface area (Å²) in [5.74, 6) is 0. The Balaban J connectivity index is 2.09. The fourth-order valence-electron chi connectivity index (χ4n) is 3.69. The van der Waals surface area contributed by atoms with Crippen LogP contribution in [-0.2, 0) is 7.05 Å². The Kier molecular flexibility index (Phi) is 2.21. The van der Waals surface area contributed by atoms with Gasteiger partial charge in [-0.25, -0.2) is 0 Å². The van der Waals surface area contributed by atoms with Crippen LogP contribution in [-0.4, -0.2) is 4.57 Å². The monoisotopic (exact) mass is 281 g/mol. The van der Waals surface area contributed by atoms with Gasteiger partial charge in [-0.2, -0.15) is 0 Å². The third-order valence-electron chi connectivity index (χ3n) is 4.75. The summed E-state index contributed by atoms with van der Waals surface area (Å²) in [5.41, 5.74) is 2.61. The van der Waals surface area contributed by atoms with E-state index >= 15 is 0 Å². The molecule has 0 aliphatic carbocycles. The number of rotatable bonds is 0. The molecule has 0 spiro atoms. The number of para-hydroxylation sites is 1. The highest BCUT2D eigenvalue weighted by Crippen LogP contribution is 2.35. The van der Waals surface area contributed by atoms with E-state index in [1.54, 1.807) is 0 Å². The number of hydrogen-bond donors (Lipinski definition) is 0. The van der Waals surface area contributed by atoms with E-state index in [0.29, 0.717) is 0 Å². The van der Waals surface area contributed by atoms with Gasteiger partial charge >= 0.3 is 0 Å². The van der Waals surface area contributed by atoms with Gasteiger partial charge in [-0.15, -0.1) is 0 Å². The third kappa shape index (κ3) is 1.43. The van der Waals surface area contributed by atoms with Crippen molar-refractivity contribution in [3.8, 4) is 0 Å². The van der Waals surface area contributed by atoms with Crippen LogP contribution in [0.25, 0.3) is 43.4 Å². The predicted octanol–water partition coefficient (Wildman–Crippen LogP) is 5.64. The highest BCUT2D eigenvalue weighted by Gasteiger charge is 2.11. The van der Waals surface area contributed by atoms with Crippen LogP contribution >= 0.6 is 0 Å². The quantitative estimate of drug-likeness (QED) is 0.324.